The van der Waals surface area contributed by atoms with E-state index < -0.39 is 9.84 Å². The summed E-state index contributed by atoms with van der Waals surface area (Å²) in [5, 5.41) is 3.12. The Bertz CT molecular complexity index is 914. The van der Waals surface area contributed by atoms with Crippen molar-refractivity contribution >= 4 is 26.6 Å². The summed E-state index contributed by atoms with van der Waals surface area (Å²) in [6, 6.07) is 12.7. The van der Waals surface area contributed by atoms with Crippen molar-refractivity contribution in [3.63, 3.8) is 0 Å². The number of hydrogen-bond donors (Lipinski definition) is 2. The first-order chi connectivity index (χ1) is 9.99. The molecule has 1 aromatic heterocycles. The molecule has 2 aromatic carbocycles. The Morgan fingerprint density at radius 3 is 2.62 bits per heavy atom. The summed E-state index contributed by atoms with van der Waals surface area (Å²) in [6.07, 6.45) is 1.20. The minimum Gasteiger partial charge on any atom is -0.388 e. The first-order valence-corrected chi connectivity index (χ1v) is 8.35. The number of rotatable bonds is 3. The number of nitrogens with one attached hydrogen (secondary N) is 2. The highest BCUT2D eigenvalue weighted by Crippen LogP contribution is 2.27. The zero-order valence-electron chi connectivity index (χ0n) is 11.7. The molecule has 3 rings (SSSR count). The molecule has 0 aliphatic heterocycles. The molecule has 0 amide bonds. The van der Waals surface area contributed by atoms with E-state index in [0.717, 1.165) is 16.8 Å². The van der Waals surface area contributed by atoms with Crippen molar-refractivity contribution in [3.8, 4) is 11.4 Å². The highest BCUT2D eigenvalue weighted by Gasteiger charge is 2.12. The van der Waals surface area contributed by atoms with Crippen LogP contribution in [-0.2, 0) is 9.84 Å². The predicted octanol–water partition coefficient (Wildman–Crippen LogP) is 2.68. The molecule has 0 bridgehead atoms. The molecule has 1 heterocycles. The highest BCUT2D eigenvalue weighted by atomic mass is 32.2. The van der Waals surface area contributed by atoms with E-state index in [-0.39, 0.29) is 4.90 Å². The Morgan fingerprint density at radius 2 is 1.90 bits per heavy atom. The zero-order chi connectivity index (χ0) is 15.0. The number of nitrogens with zero attached hydrogens (tertiary/aromatic N) is 1. The summed E-state index contributed by atoms with van der Waals surface area (Å²) in [7, 11) is -1.37. The summed E-state index contributed by atoms with van der Waals surface area (Å²) < 4.78 is 23.2. The fraction of sp³-hybridized carbons (Fsp3) is 0.133. The molecule has 2 N–H and O–H groups in total. The quantitative estimate of drug-likeness (QED) is 0.780. The summed E-state index contributed by atoms with van der Waals surface area (Å²) in [5.74, 6) is 0.709. The minimum absolute atomic E-state index is 0.284. The largest absolute Gasteiger partial charge is 0.388 e. The maximum Gasteiger partial charge on any atom is 0.175 e. The Labute approximate surface area is 123 Å². The van der Waals surface area contributed by atoms with E-state index in [0.29, 0.717) is 11.3 Å². The lowest BCUT2D eigenvalue weighted by atomic mass is 10.1. The molecule has 108 valence electrons. The van der Waals surface area contributed by atoms with E-state index in [4.69, 9.17) is 0 Å². The number of sulfone groups is 1. The summed E-state index contributed by atoms with van der Waals surface area (Å²) in [6.45, 7) is 0. The molecule has 5 nitrogen and oxygen atoms in total. The molecule has 0 aliphatic carbocycles. The second-order valence-corrected chi connectivity index (χ2v) is 6.85. The third-order valence-electron chi connectivity index (χ3n) is 3.33. The fourth-order valence-electron chi connectivity index (χ4n) is 2.25. The molecular formula is C15H15N3O2S. The van der Waals surface area contributed by atoms with E-state index in [2.05, 4.69) is 15.3 Å². The monoisotopic (exact) mass is 301 g/mol. The van der Waals surface area contributed by atoms with E-state index >= 15 is 0 Å². The van der Waals surface area contributed by atoms with Crippen molar-refractivity contribution in [1.82, 2.24) is 9.97 Å². The lowest BCUT2D eigenvalue weighted by Crippen LogP contribution is -1.96. The van der Waals surface area contributed by atoms with Gasteiger partial charge in [-0.3, -0.25) is 0 Å². The van der Waals surface area contributed by atoms with Crippen molar-refractivity contribution in [1.29, 1.82) is 0 Å². The van der Waals surface area contributed by atoms with E-state index in [9.17, 15) is 8.42 Å². The van der Waals surface area contributed by atoms with Gasteiger partial charge in [0.1, 0.15) is 5.82 Å². The van der Waals surface area contributed by atoms with E-state index in [1.807, 2.05) is 31.3 Å². The SMILES string of the molecule is CNc1ccccc1-c1nc2ccc(S(C)(=O)=O)cc2[nH]1. The number of aromatic nitrogens is 2. The van der Waals surface area contributed by atoms with E-state index in [1.165, 1.54) is 6.26 Å². The number of para-hydroxylation sites is 1. The third-order valence-corrected chi connectivity index (χ3v) is 4.44. The fourth-order valence-corrected chi connectivity index (χ4v) is 2.90. The van der Waals surface area contributed by atoms with Gasteiger partial charge in [0, 0.05) is 24.6 Å². The maximum absolute atomic E-state index is 11.6. The standard InChI is InChI=1S/C15H15N3O2S/c1-16-12-6-4-3-5-11(12)15-17-13-8-7-10(21(2,19)20)9-14(13)18-15/h3-9,16H,1-2H3,(H,17,18). The van der Waals surface area contributed by atoms with Crippen LogP contribution in [0.2, 0.25) is 0 Å². The average molecular weight is 301 g/mol. The molecule has 0 saturated heterocycles. The molecule has 0 aliphatic rings. The Hall–Kier alpha value is -2.34. The van der Waals surface area contributed by atoms with Crippen LogP contribution >= 0.6 is 0 Å². The van der Waals surface area contributed by atoms with Gasteiger partial charge in [0.15, 0.2) is 9.84 Å². The number of anilines is 1. The first-order valence-electron chi connectivity index (χ1n) is 6.46. The van der Waals surface area contributed by atoms with Crippen molar-refractivity contribution < 1.29 is 8.42 Å². The van der Waals surface area contributed by atoms with Crippen LogP contribution in [0.15, 0.2) is 47.4 Å². The Kier molecular flexibility index (Phi) is 3.17. The second-order valence-electron chi connectivity index (χ2n) is 4.83. The third kappa shape index (κ3) is 2.50. The van der Waals surface area contributed by atoms with Crippen LogP contribution in [0, 0.1) is 0 Å². The van der Waals surface area contributed by atoms with Gasteiger partial charge in [-0.1, -0.05) is 12.1 Å². The van der Waals surface area contributed by atoms with Gasteiger partial charge in [-0.2, -0.15) is 0 Å². The molecular weight excluding hydrogens is 286 g/mol. The Balaban J connectivity index is 2.18. The van der Waals surface area contributed by atoms with Gasteiger partial charge in [0.05, 0.1) is 15.9 Å². The van der Waals surface area contributed by atoms with Gasteiger partial charge in [-0.15, -0.1) is 0 Å². The number of aromatic amines is 1. The molecule has 0 fully saturated rings. The van der Waals surface area contributed by atoms with Crippen LogP contribution in [0.25, 0.3) is 22.4 Å². The van der Waals surface area contributed by atoms with Gasteiger partial charge in [0.25, 0.3) is 0 Å². The molecule has 21 heavy (non-hydrogen) atoms. The van der Waals surface area contributed by atoms with Crippen LogP contribution in [0.1, 0.15) is 0 Å². The lowest BCUT2D eigenvalue weighted by Gasteiger charge is -2.05. The van der Waals surface area contributed by atoms with Gasteiger partial charge in [0.2, 0.25) is 0 Å². The molecule has 3 aromatic rings. The normalized spacial score (nSPS) is 11.7. The number of hydrogen-bond acceptors (Lipinski definition) is 4. The Morgan fingerprint density at radius 1 is 1.14 bits per heavy atom. The maximum atomic E-state index is 11.6. The number of benzene rings is 2. The average Bonchev–Trinajstić information content (AvgIpc) is 2.89. The number of imidazole rings is 1. The number of H-pyrrole nitrogens is 1. The van der Waals surface area contributed by atoms with E-state index in [1.54, 1.807) is 18.2 Å². The van der Waals surface area contributed by atoms with Gasteiger partial charge < -0.3 is 10.3 Å². The number of fused-ring (bicyclic) bond motifs is 1. The van der Waals surface area contributed by atoms with Crippen LogP contribution in [0.5, 0.6) is 0 Å². The second kappa shape index (κ2) is 4.89. The van der Waals surface area contributed by atoms with Gasteiger partial charge in [-0.05, 0) is 30.3 Å². The van der Waals surface area contributed by atoms with Crippen LogP contribution in [-0.4, -0.2) is 31.7 Å². The molecule has 0 unspecified atom stereocenters. The summed E-state index contributed by atoms with van der Waals surface area (Å²) in [5.41, 5.74) is 3.35. The molecule has 0 saturated carbocycles. The van der Waals surface area contributed by atoms with Crippen molar-refractivity contribution in [2.45, 2.75) is 4.90 Å². The predicted molar refractivity (Wildman–Crippen MR) is 84.2 cm³/mol. The van der Waals surface area contributed by atoms with Crippen molar-refractivity contribution in [2.24, 2.45) is 0 Å². The lowest BCUT2D eigenvalue weighted by molar-refractivity contribution is 0.602. The summed E-state index contributed by atoms with van der Waals surface area (Å²) in [4.78, 5) is 7.99. The van der Waals surface area contributed by atoms with Crippen LogP contribution < -0.4 is 5.32 Å². The first kappa shape index (κ1) is 13.6. The van der Waals surface area contributed by atoms with Crippen LogP contribution in [0.4, 0.5) is 5.69 Å². The van der Waals surface area contributed by atoms with Gasteiger partial charge in [-0.25, -0.2) is 13.4 Å². The molecule has 6 heteroatoms. The summed E-state index contributed by atoms with van der Waals surface area (Å²) >= 11 is 0. The van der Waals surface area contributed by atoms with Crippen molar-refractivity contribution in [3.05, 3.63) is 42.5 Å². The topological polar surface area (TPSA) is 74.8 Å². The minimum atomic E-state index is -3.22. The van der Waals surface area contributed by atoms with Crippen molar-refractivity contribution in [2.75, 3.05) is 18.6 Å². The van der Waals surface area contributed by atoms with Crippen LogP contribution in [0.3, 0.4) is 0 Å². The van der Waals surface area contributed by atoms with Gasteiger partial charge >= 0.3 is 0 Å². The zero-order valence-corrected chi connectivity index (χ0v) is 12.5. The molecule has 0 radical (unpaired) electrons. The highest BCUT2D eigenvalue weighted by molar-refractivity contribution is 7.90. The molecule has 0 atom stereocenters. The smallest absolute Gasteiger partial charge is 0.175 e. The molecule has 0 spiro atoms.